The van der Waals surface area contributed by atoms with Crippen LogP contribution in [0, 0.1) is 0 Å². The molecule has 6 nitrogen and oxygen atoms in total. The first-order valence-corrected chi connectivity index (χ1v) is 29.2. The third-order valence-electron chi connectivity index (χ3n) is 12.3. The van der Waals surface area contributed by atoms with E-state index in [9.17, 15) is 14.4 Å². The van der Waals surface area contributed by atoms with Crippen molar-refractivity contribution < 1.29 is 28.6 Å². The molecule has 0 N–H and O–H groups in total. The number of allylic oxidation sites excluding steroid dienone is 16. The molecule has 0 fully saturated rings. The van der Waals surface area contributed by atoms with Crippen LogP contribution in [0.15, 0.2) is 97.2 Å². The van der Waals surface area contributed by atoms with Crippen LogP contribution >= 0.6 is 0 Å². The Hall–Kier alpha value is -3.67. The van der Waals surface area contributed by atoms with Gasteiger partial charge in [0.15, 0.2) is 6.10 Å². The van der Waals surface area contributed by atoms with Crippen LogP contribution < -0.4 is 0 Å². The molecule has 0 aliphatic carbocycles. The summed E-state index contributed by atoms with van der Waals surface area (Å²) < 4.78 is 16.8. The van der Waals surface area contributed by atoms with Crippen LogP contribution in [0.5, 0.6) is 0 Å². The average molecular weight is 974 g/mol. The molecule has 0 amide bonds. The minimum absolute atomic E-state index is 0.0865. The number of carbonyl (C=O) groups is 3. The summed E-state index contributed by atoms with van der Waals surface area (Å²) >= 11 is 0. The second kappa shape index (κ2) is 57.9. The lowest BCUT2D eigenvalue weighted by Crippen LogP contribution is -2.30. The summed E-state index contributed by atoms with van der Waals surface area (Å²) in [7, 11) is 0. The van der Waals surface area contributed by atoms with E-state index in [0.29, 0.717) is 19.3 Å². The Morgan fingerprint density at radius 1 is 0.300 bits per heavy atom. The van der Waals surface area contributed by atoms with Crippen molar-refractivity contribution in [3.63, 3.8) is 0 Å². The smallest absolute Gasteiger partial charge is 0.306 e. The lowest BCUT2D eigenvalue weighted by atomic mass is 10.0. The Morgan fingerprint density at radius 3 is 0.929 bits per heavy atom. The lowest BCUT2D eigenvalue weighted by molar-refractivity contribution is -0.167. The zero-order valence-corrected chi connectivity index (χ0v) is 45.8. The first-order valence-electron chi connectivity index (χ1n) is 29.2. The van der Waals surface area contributed by atoms with E-state index in [1.54, 1.807) is 0 Å². The molecule has 0 bridgehead atoms. The lowest BCUT2D eigenvalue weighted by Gasteiger charge is -2.18. The van der Waals surface area contributed by atoms with Gasteiger partial charge in [0.2, 0.25) is 0 Å². The molecule has 0 aliphatic rings. The Labute approximate surface area is 432 Å². The fourth-order valence-electron chi connectivity index (χ4n) is 7.93. The van der Waals surface area contributed by atoms with E-state index in [4.69, 9.17) is 14.2 Å². The van der Waals surface area contributed by atoms with Gasteiger partial charge in [0.05, 0.1) is 0 Å². The predicted octanol–water partition coefficient (Wildman–Crippen LogP) is 19.7. The summed E-state index contributed by atoms with van der Waals surface area (Å²) in [5.41, 5.74) is 0. The molecule has 0 aromatic rings. The summed E-state index contributed by atoms with van der Waals surface area (Å²) in [6, 6.07) is 0. The van der Waals surface area contributed by atoms with Gasteiger partial charge in [0.1, 0.15) is 13.2 Å². The number of esters is 3. The molecule has 1 unspecified atom stereocenters. The second-order valence-electron chi connectivity index (χ2n) is 19.2. The van der Waals surface area contributed by atoms with Crippen LogP contribution in [0.3, 0.4) is 0 Å². The maximum atomic E-state index is 12.8. The van der Waals surface area contributed by atoms with Crippen molar-refractivity contribution in [3.05, 3.63) is 97.2 Å². The normalized spacial score (nSPS) is 12.8. The third-order valence-corrected chi connectivity index (χ3v) is 12.3. The fraction of sp³-hybridized carbons (Fsp3) is 0.703. The Bertz CT molecular complexity index is 1400. The van der Waals surface area contributed by atoms with Gasteiger partial charge in [0, 0.05) is 19.3 Å². The second-order valence-corrected chi connectivity index (χ2v) is 19.2. The van der Waals surface area contributed by atoms with Gasteiger partial charge in [-0.2, -0.15) is 0 Å². The van der Waals surface area contributed by atoms with E-state index >= 15 is 0 Å². The Morgan fingerprint density at radius 2 is 0.571 bits per heavy atom. The molecule has 0 aromatic carbocycles. The van der Waals surface area contributed by atoms with E-state index in [1.807, 2.05) is 0 Å². The van der Waals surface area contributed by atoms with Crippen molar-refractivity contribution in [2.45, 2.75) is 277 Å². The van der Waals surface area contributed by atoms with Gasteiger partial charge in [-0.05, 0) is 96.3 Å². The SMILES string of the molecule is CC/C=C\C/C=C\C/C=C\C/C=C\C/C=C\C/C=C\C/C=C\CCCCCCCC(=O)OCC(COC(=O)CCCCCCC/C=C\CCCC)OC(=O)CCCCCCCCCCCCCCCC. The van der Waals surface area contributed by atoms with Gasteiger partial charge in [-0.1, -0.05) is 253 Å². The van der Waals surface area contributed by atoms with E-state index < -0.39 is 6.10 Å². The molecular weight excluding hydrogens is 865 g/mol. The summed E-state index contributed by atoms with van der Waals surface area (Å²) in [4.78, 5) is 38.1. The van der Waals surface area contributed by atoms with Gasteiger partial charge in [-0.3, -0.25) is 14.4 Å². The zero-order valence-electron chi connectivity index (χ0n) is 45.8. The van der Waals surface area contributed by atoms with Crippen molar-refractivity contribution in [2.75, 3.05) is 13.2 Å². The van der Waals surface area contributed by atoms with Gasteiger partial charge < -0.3 is 14.2 Å². The maximum Gasteiger partial charge on any atom is 0.306 e. The Kier molecular flexibility index (Phi) is 54.9. The molecule has 0 saturated carbocycles. The quantitative estimate of drug-likeness (QED) is 0.0262. The first kappa shape index (κ1) is 66.3. The number of rotatable bonds is 52. The summed E-state index contributed by atoms with van der Waals surface area (Å²) in [5.74, 6) is -0.911. The van der Waals surface area contributed by atoms with Gasteiger partial charge in [-0.25, -0.2) is 0 Å². The van der Waals surface area contributed by atoms with Crippen molar-refractivity contribution in [1.82, 2.24) is 0 Å². The molecule has 0 spiro atoms. The molecular formula is C64H108O6. The first-order chi connectivity index (χ1) is 34.5. The number of unbranched alkanes of at least 4 members (excludes halogenated alkanes) is 25. The van der Waals surface area contributed by atoms with Crippen molar-refractivity contribution in [2.24, 2.45) is 0 Å². The minimum Gasteiger partial charge on any atom is -0.462 e. The van der Waals surface area contributed by atoms with E-state index in [1.165, 1.54) is 103 Å². The molecule has 70 heavy (non-hydrogen) atoms. The van der Waals surface area contributed by atoms with Crippen molar-refractivity contribution in [3.8, 4) is 0 Å². The van der Waals surface area contributed by atoms with Crippen LogP contribution in [-0.4, -0.2) is 37.2 Å². The van der Waals surface area contributed by atoms with E-state index in [0.717, 1.165) is 128 Å². The molecule has 0 aliphatic heterocycles. The van der Waals surface area contributed by atoms with Crippen molar-refractivity contribution in [1.29, 1.82) is 0 Å². The summed E-state index contributed by atoms with van der Waals surface area (Å²) in [6.07, 6.45) is 76.9. The highest BCUT2D eigenvalue weighted by Crippen LogP contribution is 2.15. The van der Waals surface area contributed by atoms with Crippen LogP contribution in [0.25, 0.3) is 0 Å². The number of hydrogen-bond acceptors (Lipinski definition) is 6. The fourth-order valence-corrected chi connectivity index (χ4v) is 7.93. The van der Waals surface area contributed by atoms with Crippen LogP contribution in [0.1, 0.15) is 271 Å². The third kappa shape index (κ3) is 55.3. The van der Waals surface area contributed by atoms with Gasteiger partial charge in [0.25, 0.3) is 0 Å². The monoisotopic (exact) mass is 973 g/mol. The van der Waals surface area contributed by atoms with Crippen LogP contribution in [0.2, 0.25) is 0 Å². The highest BCUT2D eigenvalue weighted by Gasteiger charge is 2.19. The minimum atomic E-state index is -0.787. The van der Waals surface area contributed by atoms with E-state index in [-0.39, 0.29) is 31.1 Å². The Balaban J connectivity index is 4.32. The molecule has 6 heteroatoms. The number of ether oxygens (including phenoxy) is 3. The van der Waals surface area contributed by atoms with Crippen molar-refractivity contribution >= 4 is 17.9 Å². The van der Waals surface area contributed by atoms with Gasteiger partial charge >= 0.3 is 17.9 Å². The predicted molar refractivity (Wildman–Crippen MR) is 302 cm³/mol. The maximum absolute atomic E-state index is 12.8. The molecule has 1 atom stereocenters. The molecule has 0 aromatic heterocycles. The highest BCUT2D eigenvalue weighted by atomic mass is 16.6. The highest BCUT2D eigenvalue weighted by molar-refractivity contribution is 5.71. The van der Waals surface area contributed by atoms with Crippen LogP contribution in [0.4, 0.5) is 0 Å². The topological polar surface area (TPSA) is 78.9 Å². The molecule has 0 rings (SSSR count). The molecule has 400 valence electrons. The molecule has 0 saturated heterocycles. The number of carbonyl (C=O) groups excluding carboxylic acids is 3. The van der Waals surface area contributed by atoms with E-state index in [2.05, 4.69) is 118 Å². The standard InChI is InChI=1S/C64H108O6/c1-4-7-10-13-16-19-22-24-26-27-28-29-30-31-32-33-34-35-36-37-38-40-42-45-48-51-54-57-63(66)69-60-61(59-68-62(65)56-53-50-47-44-41-21-18-15-12-9-6-3)70-64(67)58-55-52-49-46-43-39-25-23-20-17-14-11-8-5-2/h7,10,15-16,18-19,24,26,28-29,31-32,34-35,37-38,61H,4-6,8-9,11-14,17,20-23,25,27,30,33,36,39-60H2,1-3H3/b10-7-,18-15-,19-16-,26-24-,29-28-,32-31-,35-34-,38-37-. The summed E-state index contributed by atoms with van der Waals surface area (Å²) in [6.45, 7) is 6.47. The number of hydrogen-bond donors (Lipinski definition) is 0. The molecule has 0 heterocycles. The summed E-state index contributed by atoms with van der Waals surface area (Å²) in [5, 5.41) is 0. The van der Waals surface area contributed by atoms with Crippen LogP contribution in [-0.2, 0) is 28.6 Å². The largest absolute Gasteiger partial charge is 0.462 e. The van der Waals surface area contributed by atoms with Gasteiger partial charge in [-0.15, -0.1) is 0 Å². The zero-order chi connectivity index (χ0) is 50.7. The average Bonchev–Trinajstić information content (AvgIpc) is 3.36. The molecule has 0 radical (unpaired) electrons.